The SMILES string of the molecule is Nc1ccc(CCNC(=O)c2ccc(O)c(O)c2)cc1. The van der Waals surface area contributed by atoms with Crippen LogP contribution in [0.4, 0.5) is 5.69 Å². The highest BCUT2D eigenvalue weighted by Crippen LogP contribution is 2.24. The van der Waals surface area contributed by atoms with Gasteiger partial charge in [-0.15, -0.1) is 0 Å². The second kappa shape index (κ2) is 5.97. The van der Waals surface area contributed by atoms with Crippen LogP contribution in [-0.2, 0) is 6.42 Å². The standard InChI is InChI=1S/C15H16N2O3/c16-12-4-1-10(2-5-12)7-8-17-15(20)11-3-6-13(18)14(19)9-11/h1-6,9,18-19H,7-8,16H2,(H,17,20). The van der Waals surface area contributed by atoms with Crippen molar-refractivity contribution in [2.24, 2.45) is 0 Å². The fourth-order valence-electron chi connectivity index (χ4n) is 1.77. The van der Waals surface area contributed by atoms with Gasteiger partial charge < -0.3 is 21.3 Å². The molecule has 0 saturated heterocycles. The van der Waals surface area contributed by atoms with Gasteiger partial charge in [0.2, 0.25) is 0 Å². The Bertz CT molecular complexity index is 609. The number of aromatic hydroxyl groups is 2. The van der Waals surface area contributed by atoms with Crippen LogP contribution in [0.25, 0.3) is 0 Å². The first kappa shape index (κ1) is 13.7. The average molecular weight is 272 g/mol. The molecule has 5 heteroatoms. The first-order chi connectivity index (χ1) is 9.56. The van der Waals surface area contributed by atoms with Gasteiger partial charge in [-0.25, -0.2) is 0 Å². The van der Waals surface area contributed by atoms with Crippen LogP contribution in [0.2, 0.25) is 0 Å². The van der Waals surface area contributed by atoms with E-state index in [1.807, 2.05) is 24.3 Å². The Balaban J connectivity index is 1.88. The van der Waals surface area contributed by atoms with Crippen molar-refractivity contribution in [1.29, 1.82) is 0 Å². The molecule has 0 aliphatic heterocycles. The van der Waals surface area contributed by atoms with Gasteiger partial charge in [0.1, 0.15) is 0 Å². The summed E-state index contributed by atoms with van der Waals surface area (Å²) >= 11 is 0. The monoisotopic (exact) mass is 272 g/mol. The largest absolute Gasteiger partial charge is 0.504 e. The maximum atomic E-state index is 11.8. The number of amides is 1. The lowest BCUT2D eigenvalue weighted by Gasteiger charge is -2.06. The second-order valence-corrected chi connectivity index (χ2v) is 4.45. The third-order valence-electron chi connectivity index (χ3n) is 2.92. The van der Waals surface area contributed by atoms with E-state index in [0.29, 0.717) is 24.2 Å². The van der Waals surface area contributed by atoms with Gasteiger partial charge in [0.05, 0.1) is 0 Å². The Labute approximate surface area is 116 Å². The minimum Gasteiger partial charge on any atom is -0.504 e. The maximum Gasteiger partial charge on any atom is 0.251 e. The fraction of sp³-hybridized carbons (Fsp3) is 0.133. The van der Waals surface area contributed by atoms with Crippen molar-refractivity contribution in [3.05, 3.63) is 53.6 Å². The van der Waals surface area contributed by atoms with Crippen molar-refractivity contribution in [1.82, 2.24) is 5.32 Å². The lowest BCUT2D eigenvalue weighted by atomic mass is 10.1. The first-order valence-corrected chi connectivity index (χ1v) is 6.21. The predicted molar refractivity (Wildman–Crippen MR) is 76.7 cm³/mol. The number of hydrogen-bond donors (Lipinski definition) is 4. The van der Waals surface area contributed by atoms with Crippen molar-refractivity contribution >= 4 is 11.6 Å². The third-order valence-corrected chi connectivity index (χ3v) is 2.92. The number of nitrogens with two attached hydrogens (primary N) is 1. The van der Waals surface area contributed by atoms with E-state index in [9.17, 15) is 15.0 Å². The molecular weight excluding hydrogens is 256 g/mol. The van der Waals surface area contributed by atoms with Crippen molar-refractivity contribution in [2.75, 3.05) is 12.3 Å². The Morgan fingerprint density at radius 3 is 2.40 bits per heavy atom. The minimum absolute atomic E-state index is 0.247. The number of anilines is 1. The molecule has 0 atom stereocenters. The smallest absolute Gasteiger partial charge is 0.251 e. The number of carbonyl (C=O) groups excluding carboxylic acids is 1. The number of nitrogens with one attached hydrogen (secondary N) is 1. The lowest BCUT2D eigenvalue weighted by Crippen LogP contribution is -2.25. The highest BCUT2D eigenvalue weighted by molar-refractivity contribution is 5.94. The quantitative estimate of drug-likeness (QED) is 0.502. The Morgan fingerprint density at radius 2 is 1.75 bits per heavy atom. The Hall–Kier alpha value is -2.69. The van der Waals surface area contributed by atoms with Gasteiger partial charge in [0.15, 0.2) is 11.5 Å². The highest BCUT2D eigenvalue weighted by atomic mass is 16.3. The average Bonchev–Trinajstić information content (AvgIpc) is 2.44. The molecule has 1 amide bonds. The Morgan fingerprint density at radius 1 is 1.05 bits per heavy atom. The summed E-state index contributed by atoms with van der Waals surface area (Å²) < 4.78 is 0. The van der Waals surface area contributed by atoms with Gasteiger partial charge in [-0.05, 0) is 42.3 Å². The molecule has 5 nitrogen and oxygen atoms in total. The summed E-state index contributed by atoms with van der Waals surface area (Å²) in [5, 5.41) is 21.3. The molecule has 20 heavy (non-hydrogen) atoms. The van der Waals surface area contributed by atoms with Crippen molar-refractivity contribution in [2.45, 2.75) is 6.42 Å². The summed E-state index contributed by atoms with van der Waals surface area (Å²) in [6.07, 6.45) is 0.691. The van der Waals surface area contributed by atoms with E-state index in [-0.39, 0.29) is 17.4 Å². The summed E-state index contributed by atoms with van der Waals surface area (Å²) in [5.41, 5.74) is 7.68. The molecule has 0 aliphatic rings. The van der Waals surface area contributed by atoms with Crippen molar-refractivity contribution in [3.63, 3.8) is 0 Å². The molecule has 2 aromatic rings. The van der Waals surface area contributed by atoms with Gasteiger partial charge in [0.25, 0.3) is 5.91 Å². The second-order valence-electron chi connectivity index (χ2n) is 4.45. The minimum atomic E-state index is -0.309. The summed E-state index contributed by atoms with van der Waals surface area (Å²) in [6, 6.07) is 11.4. The molecule has 104 valence electrons. The molecule has 0 unspecified atom stereocenters. The molecule has 2 aromatic carbocycles. The maximum absolute atomic E-state index is 11.8. The number of carbonyl (C=O) groups is 1. The van der Waals surface area contributed by atoms with Gasteiger partial charge >= 0.3 is 0 Å². The van der Waals surface area contributed by atoms with Crippen LogP contribution in [0.15, 0.2) is 42.5 Å². The predicted octanol–water partition coefficient (Wildman–Crippen LogP) is 1.65. The lowest BCUT2D eigenvalue weighted by molar-refractivity contribution is 0.0953. The van der Waals surface area contributed by atoms with E-state index < -0.39 is 0 Å². The van der Waals surface area contributed by atoms with Crippen LogP contribution < -0.4 is 11.1 Å². The number of hydrogen-bond acceptors (Lipinski definition) is 4. The topological polar surface area (TPSA) is 95.6 Å². The molecule has 2 rings (SSSR count). The third kappa shape index (κ3) is 3.41. The van der Waals surface area contributed by atoms with E-state index in [1.165, 1.54) is 18.2 Å². The zero-order valence-corrected chi connectivity index (χ0v) is 10.8. The summed E-state index contributed by atoms with van der Waals surface area (Å²) in [7, 11) is 0. The molecule has 0 saturated carbocycles. The van der Waals surface area contributed by atoms with Crippen LogP contribution in [0, 0.1) is 0 Å². The first-order valence-electron chi connectivity index (χ1n) is 6.21. The zero-order chi connectivity index (χ0) is 14.5. The van der Waals surface area contributed by atoms with Gasteiger partial charge in [-0.3, -0.25) is 4.79 Å². The highest BCUT2D eigenvalue weighted by Gasteiger charge is 2.08. The molecule has 0 fully saturated rings. The number of nitrogen functional groups attached to an aromatic ring is 1. The van der Waals surface area contributed by atoms with E-state index in [0.717, 1.165) is 5.56 Å². The number of rotatable bonds is 4. The van der Waals surface area contributed by atoms with E-state index in [2.05, 4.69) is 5.32 Å². The summed E-state index contributed by atoms with van der Waals surface area (Å²) in [5.74, 6) is -0.852. The molecule has 0 heterocycles. The molecular formula is C15H16N2O3. The number of benzene rings is 2. The van der Waals surface area contributed by atoms with Crippen LogP contribution in [0.1, 0.15) is 15.9 Å². The normalized spacial score (nSPS) is 10.2. The van der Waals surface area contributed by atoms with Crippen molar-refractivity contribution in [3.8, 4) is 11.5 Å². The molecule has 0 spiro atoms. The van der Waals surface area contributed by atoms with Gasteiger partial charge in [-0.2, -0.15) is 0 Å². The van der Waals surface area contributed by atoms with Gasteiger partial charge in [0, 0.05) is 17.8 Å². The molecule has 5 N–H and O–H groups in total. The molecule has 0 aliphatic carbocycles. The number of phenols is 2. The summed E-state index contributed by atoms with van der Waals surface area (Å²) in [6.45, 7) is 0.477. The fourth-order valence-corrected chi connectivity index (χ4v) is 1.77. The van der Waals surface area contributed by atoms with Gasteiger partial charge in [-0.1, -0.05) is 12.1 Å². The van der Waals surface area contributed by atoms with Crippen LogP contribution >= 0.6 is 0 Å². The van der Waals surface area contributed by atoms with Crippen molar-refractivity contribution < 1.29 is 15.0 Å². The zero-order valence-electron chi connectivity index (χ0n) is 10.8. The van der Waals surface area contributed by atoms with E-state index >= 15 is 0 Å². The van der Waals surface area contributed by atoms with Crippen LogP contribution in [0.5, 0.6) is 11.5 Å². The summed E-state index contributed by atoms with van der Waals surface area (Å²) in [4.78, 5) is 11.8. The molecule has 0 radical (unpaired) electrons. The van der Waals surface area contributed by atoms with Crippen LogP contribution in [0.3, 0.4) is 0 Å². The Kier molecular flexibility index (Phi) is 4.10. The molecule has 0 bridgehead atoms. The number of phenolic OH excluding ortho intramolecular Hbond substituents is 2. The van der Waals surface area contributed by atoms with E-state index in [4.69, 9.17) is 5.73 Å². The van der Waals surface area contributed by atoms with E-state index in [1.54, 1.807) is 0 Å². The van der Waals surface area contributed by atoms with Crippen LogP contribution in [-0.4, -0.2) is 22.7 Å². The molecule has 0 aromatic heterocycles.